The number of carbonyl (C=O) groups is 1. The molecule has 1 saturated carbocycles. The fraction of sp³-hybridized carbons (Fsp3) is 0.533. The van der Waals surface area contributed by atoms with Crippen molar-refractivity contribution in [2.45, 2.75) is 38.0 Å². The molecule has 2 aliphatic rings. The van der Waals surface area contributed by atoms with E-state index < -0.39 is 5.97 Å². The SMILES string of the molecule is O=C(O)c1ccc(F)c(CN2CCOC3CCCC32)c1. The Balaban J connectivity index is 1.79. The summed E-state index contributed by atoms with van der Waals surface area (Å²) < 4.78 is 19.6. The average Bonchev–Trinajstić information content (AvgIpc) is 2.90. The maximum absolute atomic E-state index is 13.9. The molecule has 4 nitrogen and oxygen atoms in total. The van der Waals surface area contributed by atoms with Gasteiger partial charge in [-0.3, -0.25) is 4.90 Å². The lowest BCUT2D eigenvalue weighted by molar-refractivity contribution is -0.0591. The van der Waals surface area contributed by atoms with Gasteiger partial charge in [0, 0.05) is 24.7 Å². The summed E-state index contributed by atoms with van der Waals surface area (Å²) in [6, 6.07) is 4.33. The van der Waals surface area contributed by atoms with Crippen molar-refractivity contribution in [3.8, 4) is 0 Å². The van der Waals surface area contributed by atoms with Crippen LogP contribution in [0.15, 0.2) is 18.2 Å². The lowest BCUT2D eigenvalue weighted by Crippen LogP contribution is -2.47. The molecule has 20 heavy (non-hydrogen) atoms. The van der Waals surface area contributed by atoms with Gasteiger partial charge in [-0.2, -0.15) is 0 Å². The number of hydrogen-bond donors (Lipinski definition) is 1. The first-order valence-electron chi connectivity index (χ1n) is 7.02. The summed E-state index contributed by atoms with van der Waals surface area (Å²) in [5, 5.41) is 9.00. The Kier molecular flexibility index (Phi) is 3.72. The first-order chi connectivity index (χ1) is 9.65. The molecule has 1 aliphatic heterocycles. The second kappa shape index (κ2) is 5.50. The number of ether oxygens (including phenoxy) is 1. The largest absolute Gasteiger partial charge is 0.478 e. The van der Waals surface area contributed by atoms with Crippen molar-refractivity contribution in [1.82, 2.24) is 4.90 Å². The maximum atomic E-state index is 13.9. The topological polar surface area (TPSA) is 49.8 Å². The second-order valence-electron chi connectivity index (χ2n) is 5.49. The second-order valence-corrected chi connectivity index (χ2v) is 5.49. The number of carboxylic acids is 1. The van der Waals surface area contributed by atoms with E-state index in [1.54, 1.807) is 0 Å². The van der Waals surface area contributed by atoms with Gasteiger partial charge in [-0.25, -0.2) is 9.18 Å². The van der Waals surface area contributed by atoms with Crippen molar-refractivity contribution in [2.24, 2.45) is 0 Å². The molecule has 1 aromatic rings. The van der Waals surface area contributed by atoms with Crippen LogP contribution in [0.4, 0.5) is 4.39 Å². The summed E-state index contributed by atoms with van der Waals surface area (Å²) in [7, 11) is 0. The van der Waals surface area contributed by atoms with Crippen LogP contribution in [0.25, 0.3) is 0 Å². The molecule has 1 N–H and O–H groups in total. The minimum atomic E-state index is -1.02. The molecule has 0 aromatic heterocycles. The lowest BCUT2D eigenvalue weighted by atomic mass is 10.1. The van der Waals surface area contributed by atoms with Gasteiger partial charge < -0.3 is 9.84 Å². The molecule has 2 fully saturated rings. The highest BCUT2D eigenvalue weighted by Gasteiger charge is 2.36. The number of carboxylic acid groups (broad SMARTS) is 1. The molecule has 1 aliphatic carbocycles. The van der Waals surface area contributed by atoms with Gasteiger partial charge in [0.2, 0.25) is 0 Å². The first kappa shape index (κ1) is 13.5. The summed E-state index contributed by atoms with van der Waals surface area (Å²) in [6.45, 7) is 1.90. The Bertz CT molecular complexity index is 520. The fourth-order valence-electron chi connectivity index (χ4n) is 3.25. The van der Waals surface area contributed by atoms with Gasteiger partial charge in [-0.1, -0.05) is 0 Å². The van der Waals surface area contributed by atoms with Gasteiger partial charge in [0.1, 0.15) is 5.82 Å². The first-order valence-corrected chi connectivity index (χ1v) is 7.02. The van der Waals surface area contributed by atoms with Gasteiger partial charge >= 0.3 is 5.97 Å². The summed E-state index contributed by atoms with van der Waals surface area (Å²) >= 11 is 0. The zero-order valence-electron chi connectivity index (χ0n) is 11.2. The number of morpholine rings is 1. The molecular formula is C15H18FNO3. The predicted molar refractivity (Wildman–Crippen MR) is 71.1 cm³/mol. The van der Waals surface area contributed by atoms with Crippen molar-refractivity contribution in [3.63, 3.8) is 0 Å². The quantitative estimate of drug-likeness (QED) is 0.922. The monoisotopic (exact) mass is 279 g/mol. The van der Waals surface area contributed by atoms with Crippen molar-refractivity contribution < 1.29 is 19.0 Å². The maximum Gasteiger partial charge on any atom is 0.335 e. The molecule has 1 saturated heterocycles. The summed E-state index contributed by atoms with van der Waals surface area (Å²) in [5.41, 5.74) is 0.593. The van der Waals surface area contributed by atoms with Crippen molar-refractivity contribution in [1.29, 1.82) is 0 Å². The van der Waals surface area contributed by atoms with Crippen LogP contribution in [0.5, 0.6) is 0 Å². The van der Waals surface area contributed by atoms with E-state index in [1.165, 1.54) is 18.2 Å². The predicted octanol–water partition coefficient (Wildman–Crippen LogP) is 2.28. The molecule has 2 unspecified atom stereocenters. The van der Waals surface area contributed by atoms with Crippen LogP contribution < -0.4 is 0 Å². The van der Waals surface area contributed by atoms with E-state index >= 15 is 0 Å². The van der Waals surface area contributed by atoms with E-state index in [4.69, 9.17) is 9.84 Å². The third-order valence-electron chi connectivity index (χ3n) is 4.26. The minimum absolute atomic E-state index is 0.137. The van der Waals surface area contributed by atoms with Crippen LogP contribution >= 0.6 is 0 Å². The van der Waals surface area contributed by atoms with Gasteiger partial charge in [-0.15, -0.1) is 0 Å². The molecule has 1 aromatic carbocycles. The Labute approximate surface area is 117 Å². The highest BCUT2D eigenvalue weighted by Crippen LogP contribution is 2.31. The summed E-state index contributed by atoms with van der Waals surface area (Å²) in [5.74, 6) is -1.36. The number of halogens is 1. The van der Waals surface area contributed by atoms with Crippen LogP contribution in [-0.2, 0) is 11.3 Å². The number of fused-ring (bicyclic) bond motifs is 1. The zero-order valence-corrected chi connectivity index (χ0v) is 11.2. The highest BCUT2D eigenvalue weighted by atomic mass is 19.1. The van der Waals surface area contributed by atoms with E-state index in [9.17, 15) is 9.18 Å². The van der Waals surface area contributed by atoms with Gasteiger partial charge in [0.05, 0.1) is 18.3 Å². The van der Waals surface area contributed by atoms with E-state index in [-0.39, 0.29) is 17.5 Å². The van der Waals surface area contributed by atoms with Crippen molar-refractivity contribution in [2.75, 3.05) is 13.2 Å². The Morgan fingerprint density at radius 3 is 3.10 bits per heavy atom. The molecule has 0 spiro atoms. The molecule has 5 heteroatoms. The summed E-state index contributed by atoms with van der Waals surface area (Å²) in [6.07, 6.45) is 3.54. The third kappa shape index (κ3) is 2.55. The Morgan fingerprint density at radius 1 is 1.45 bits per heavy atom. The normalized spacial score (nSPS) is 26.4. The number of rotatable bonds is 3. The Morgan fingerprint density at radius 2 is 2.30 bits per heavy atom. The van der Waals surface area contributed by atoms with Crippen molar-refractivity contribution >= 4 is 5.97 Å². The number of nitrogens with zero attached hydrogens (tertiary/aromatic N) is 1. The minimum Gasteiger partial charge on any atom is -0.478 e. The van der Waals surface area contributed by atoms with E-state index in [2.05, 4.69) is 4.90 Å². The van der Waals surface area contributed by atoms with Crippen molar-refractivity contribution in [3.05, 3.63) is 35.1 Å². The van der Waals surface area contributed by atoms with Gasteiger partial charge in [-0.05, 0) is 37.5 Å². The van der Waals surface area contributed by atoms with E-state index in [0.29, 0.717) is 24.8 Å². The molecule has 108 valence electrons. The van der Waals surface area contributed by atoms with Crippen LogP contribution in [0.1, 0.15) is 35.2 Å². The molecule has 3 rings (SSSR count). The molecule has 0 bridgehead atoms. The fourth-order valence-corrected chi connectivity index (χ4v) is 3.25. The molecule has 0 radical (unpaired) electrons. The smallest absolute Gasteiger partial charge is 0.335 e. The Hall–Kier alpha value is -1.46. The molecule has 0 amide bonds. The molecular weight excluding hydrogens is 261 g/mol. The van der Waals surface area contributed by atoms with E-state index in [0.717, 1.165) is 25.8 Å². The number of hydrogen-bond acceptors (Lipinski definition) is 3. The highest BCUT2D eigenvalue weighted by molar-refractivity contribution is 5.87. The molecule has 1 heterocycles. The van der Waals surface area contributed by atoms with Gasteiger partial charge in [0.25, 0.3) is 0 Å². The lowest BCUT2D eigenvalue weighted by Gasteiger charge is -2.37. The zero-order chi connectivity index (χ0) is 14.1. The average molecular weight is 279 g/mol. The third-order valence-corrected chi connectivity index (χ3v) is 4.26. The number of benzene rings is 1. The standard InChI is InChI=1S/C15H18FNO3/c16-12-5-4-10(15(18)19)8-11(12)9-17-6-7-20-14-3-1-2-13(14)17/h4-5,8,13-14H,1-3,6-7,9H2,(H,18,19). The number of aromatic carboxylic acids is 1. The van der Waals surface area contributed by atoms with Gasteiger partial charge in [0.15, 0.2) is 0 Å². The van der Waals surface area contributed by atoms with Crippen LogP contribution in [0.2, 0.25) is 0 Å². The van der Waals surface area contributed by atoms with Crippen LogP contribution in [0, 0.1) is 5.82 Å². The van der Waals surface area contributed by atoms with E-state index in [1.807, 2.05) is 0 Å². The van der Waals surface area contributed by atoms with Crippen LogP contribution in [-0.4, -0.2) is 41.3 Å². The molecule has 2 atom stereocenters. The van der Waals surface area contributed by atoms with Crippen LogP contribution in [0.3, 0.4) is 0 Å². The summed E-state index contributed by atoms with van der Waals surface area (Å²) in [4.78, 5) is 13.2.